The molecule has 2 bridgehead atoms. The summed E-state index contributed by atoms with van der Waals surface area (Å²) in [5, 5.41) is 0.977. The van der Waals surface area contributed by atoms with E-state index in [0.717, 1.165) is 12.8 Å². The van der Waals surface area contributed by atoms with Crippen LogP contribution in [0, 0.1) is 11.8 Å². The highest BCUT2D eigenvalue weighted by molar-refractivity contribution is 6.60. The Hall–Kier alpha value is 1.19. The molecule has 1 fully saturated rings. The van der Waals surface area contributed by atoms with Crippen molar-refractivity contribution in [3.63, 3.8) is 0 Å². The summed E-state index contributed by atoms with van der Waals surface area (Å²) < 4.78 is -1.05. The minimum Gasteiger partial charge on any atom is -0.109 e. The van der Waals surface area contributed by atoms with Crippen molar-refractivity contribution in [2.75, 3.05) is 0 Å². The maximum absolute atomic E-state index is 6.46. The van der Waals surface area contributed by atoms with Gasteiger partial charge in [-0.05, 0) is 12.3 Å². The molecule has 0 heterocycles. The zero-order chi connectivity index (χ0) is 10.7. The Bertz CT molecular complexity index is 308. The molecule has 0 saturated heterocycles. The van der Waals surface area contributed by atoms with Crippen molar-refractivity contribution in [1.82, 2.24) is 0 Å². The van der Waals surface area contributed by atoms with Crippen molar-refractivity contribution in [2.24, 2.45) is 11.8 Å². The van der Waals surface area contributed by atoms with Crippen LogP contribution in [0.15, 0.2) is 10.1 Å². The van der Waals surface area contributed by atoms with E-state index in [1.807, 2.05) is 0 Å². The fourth-order valence-corrected chi connectivity index (χ4v) is 4.95. The Labute approximate surface area is 108 Å². The van der Waals surface area contributed by atoms with Gasteiger partial charge in [-0.1, -0.05) is 59.7 Å². The fraction of sp³-hybridized carbons (Fsp3) is 0.778. The Morgan fingerprint density at radius 1 is 1.29 bits per heavy atom. The molecule has 0 spiro atoms. The van der Waals surface area contributed by atoms with Gasteiger partial charge in [0.1, 0.15) is 9.21 Å². The number of allylic oxidation sites excluding steroid dienone is 2. The van der Waals surface area contributed by atoms with E-state index in [2.05, 4.69) is 6.92 Å². The third-order valence-electron chi connectivity index (χ3n) is 3.33. The third kappa shape index (κ3) is 1.10. The smallest absolute Gasteiger partial charge is 0.109 e. The quantitative estimate of drug-likeness (QED) is 0.604. The largest absolute Gasteiger partial charge is 0.150 e. The number of alkyl halides is 3. The highest BCUT2D eigenvalue weighted by atomic mass is 35.5. The van der Waals surface area contributed by atoms with E-state index < -0.39 is 9.21 Å². The minimum atomic E-state index is -1.05. The molecule has 14 heavy (non-hydrogen) atoms. The lowest BCUT2D eigenvalue weighted by Gasteiger charge is -2.33. The fourth-order valence-electron chi connectivity index (χ4n) is 2.48. The van der Waals surface area contributed by atoms with Crippen molar-refractivity contribution >= 4 is 58.0 Å². The summed E-state index contributed by atoms with van der Waals surface area (Å²) in [6.45, 7) is 2.05. The van der Waals surface area contributed by atoms with E-state index in [4.69, 9.17) is 58.0 Å². The highest BCUT2D eigenvalue weighted by Crippen LogP contribution is 2.70. The van der Waals surface area contributed by atoms with Crippen molar-refractivity contribution in [3.05, 3.63) is 10.1 Å². The van der Waals surface area contributed by atoms with Crippen LogP contribution in [0.5, 0.6) is 0 Å². The zero-order valence-electron chi connectivity index (χ0n) is 7.46. The van der Waals surface area contributed by atoms with Gasteiger partial charge in [0.25, 0.3) is 0 Å². The predicted octanol–water partition coefficient (Wildman–Crippen LogP) is 4.89. The van der Waals surface area contributed by atoms with Gasteiger partial charge in [0, 0.05) is 11.0 Å². The topological polar surface area (TPSA) is 0 Å². The van der Waals surface area contributed by atoms with Crippen molar-refractivity contribution < 1.29 is 0 Å². The first-order valence-corrected chi connectivity index (χ1v) is 6.38. The van der Waals surface area contributed by atoms with Crippen LogP contribution in [0.4, 0.5) is 0 Å². The Balaban J connectivity index is 2.54. The van der Waals surface area contributed by atoms with E-state index in [1.54, 1.807) is 0 Å². The van der Waals surface area contributed by atoms with E-state index in [-0.39, 0.29) is 11.8 Å². The predicted molar refractivity (Wildman–Crippen MR) is 63.6 cm³/mol. The number of hydrogen-bond donors (Lipinski definition) is 0. The van der Waals surface area contributed by atoms with Crippen molar-refractivity contribution in [1.29, 1.82) is 0 Å². The first-order valence-electron chi connectivity index (χ1n) is 4.49. The summed E-state index contributed by atoms with van der Waals surface area (Å²) in [6.07, 6.45) is 1.73. The molecule has 0 nitrogen and oxygen atoms in total. The van der Waals surface area contributed by atoms with Gasteiger partial charge in [-0.2, -0.15) is 0 Å². The second-order valence-electron chi connectivity index (χ2n) is 3.89. The Morgan fingerprint density at radius 3 is 2.21 bits per heavy atom. The summed E-state index contributed by atoms with van der Waals surface area (Å²) in [5.41, 5.74) is 0. The molecule has 0 aromatic carbocycles. The van der Waals surface area contributed by atoms with Crippen LogP contribution in [0.1, 0.15) is 19.8 Å². The van der Waals surface area contributed by atoms with Gasteiger partial charge in [0.05, 0.1) is 5.03 Å². The first-order chi connectivity index (χ1) is 6.37. The van der Waals surface area contributed by atoms with Crippen molar-refractivity contribution in [3.8, 4) is 0 Å². The molecular formula is C9H9Cl5. The SMILES string of the molecule is CCC1CC2C(Cl)=C(Cl)C1(Cl)C2(Cl)Cl. The van der Waals surface area contributed by atoms with Gasteiger partial charge in [-0.25, -0.2) is 0 Å². The molecule has 0 radical (unpaired) electrons. The second-order valence-corrected chi connectivity index (χ2v) is 6.66. The van der Waals surface area contributed by atoms with Crippen LogP contribution < -0.4 is 0 Å². The monoisotopic (exact) mass is 292 g/mol. The van der Waals surface area contributed by atoms with Gasteiger partial charge < -0.3 is 0 Å². The molecule has 2 rings (SSSR count). The lowest BCUT2D eigenvalue weighted by atomic mass is 9.90. The lowest BCUT2D eigenvalue weighted by molar-refractivity contribution is 0.447. The number of halogens is 5. The van der Waals surface area contributed by atoms with E-state index in [1.165, 1.54) is 0 Å². The standard InChI is InChI=1S/C9H9Cl5/c1-2-4-3-5-6(10)7(11)8(4,12)9(5,13)14/h4-5H,2-3H2,1H3. The van der Waals surface area contributed by atoms with Crippen LogP contribution in [-0.4, -0.2) is 9.21 Å². The summed E-state index contributed by atoms with van der Waals surface area (Å²) in [5.74, 6) is 0.0987. The second kappa shape index (κ2) is 3.34. The average Bonchev–Trinajstić information content (AvgIpc) is 2.39. The van der Waals surface area contributed by atoms with E-state index in [0.29, 0.717) is 10.1 Å². The highest BCUT2D eigenvalue weighted by Gasteiger charge is 2.70. The number of hydrogen-bond acceptors (Lipinski definition) is 0. The van der Waals surface area contributed by atoms with Crippen LogP contribution in [0.3, 0.4) is 0 Å². The van der Waals surface area contributed by atoms with Crippen LogP contribution in [0.25, 0.3) is 0 Å². The molecule has 0 N–H and O–H groups in total. The van der Waals surface area contributed by atoms with Gasteiger partial charge >= 0.3 is 0 Å². The molecule has 3 atom stereocenters. The summed E-state index contributed by atoms with van der Waals surface area (Å²) in [7, 11) is 0. The van der Waals surface area contributed by atoms with Crippen LogP contribution in [-0.2, 0) is 0 Å². The molecule has 1 saturated carbocycles. The average molecular weight is 294 g/mol. The van der Waals surface area contributed by atoms with Crippen LogP contribution in [0.2, 0.25) is 0 Å². The Morgan fingerprint density at radius 2 is 1.86 bits per heavy atom. The number of fused-ring (bicyclic) bond motifs is 2. The van der Waals surface area contributed by atoms with Crippen LogP contribution >= 0.6 is 58.0 Å². The molecule has 80 valence electrons. The van der Waals surface area contributed by atoms with Gasteiger partial charge in [0.2, 0.25) is 0 Å². The third-order valence-corrected chi connectivity index (χ3v) is 6.59. The summed E-state index contributed by atoms with van der Waals surface area (Å²) >= 11 is 31.1. The molecule has 3 unspecified atom stereocenters. The van der Waals surface area contributed by atoms with E-state index in [9.17, 15) is 0 Å². The zero-order valence-corrected chi connectivity index (χ0v) is 11.2. The summed E-state index contributed by atoms with van der Waals surface area (Å²) in [6, 6.07) is 0. The summed E-state index contributed by atoms with van der Waals surface area (Å²) in [4.78, 5) is -0.881. The lowest BCUT2D eigenvalue weighted by Crippen LogP contribution is -2.40. The number of rotatable bonds is 1. The molecule has 0 aromatic rings. The normalized spacial score (nSPS) is 45.0. The molecule has 0 aliphatic heterocycles. The maximum Gasteiger partial charge on any atom is 0.150 e. The van der Waals surface area contributed by atoms with Gasteiger partial charge in [-0.3, -0.25) is 0 Å². The molecular weight excluding hydrogens is 285 g/mol. The minimum absolute atomic E-state index is 0.109. The van der Waals surface area contributed by atoms with Gasteiger partial charge in [-0.15, -0.1) is 11.6 Å². The molecule has 2 aliphatic rings. The molecule has 0 aromatic heterocycles. The maximum atomic E-state index is 6.46. The van der Waals surface area contributed by atoms with Gasteiger partial charge in [0.15, 0.2) is 0 Å². The van der Waals surface area contributed by atoms with E-state index >= 15 is 0 Å². The first kappa shape index (κ1) is 11.7. The van der Waals surface area contributed by atoms with Crippen molar-refractivity contribution in [2.45, 2.75) is 29.0 Å². The Kier molecular flexibility index (Phi) is 2.78. The molecule has 0 amide bonds. The molecule has 2 aliphatic carbocycles. The molecule has 5 heteroatoms.